The third kappa shape index (κ3) is 3.77. The van der Waals surface area contributed by atoms with Gasteiger partial charge in [-0.1, -0.05) is 0 Å². The molecule has 1 aromatic rings. The summed E-state index contributed by atoms with van der Waals surface area (Å²) < 4.78 is 26.0. The first-order valence-electron chi connectivity index (χ1n) is 5.80. The highest BCUT2D eigenvalue weighted by atomic mass is 32.2. The number of nitrogens with one attached hydrogen (secondary N) is 2. The van der Waals surface area contributed by atoms with Crippen LogP contribution in [0.5, 0.6) is 0 Å². The molecule has 0 aromatic heterocycles. The van der Waals surface area contributed by atoms with Gasteiger partial charge in [0.2, 0.25) is 15.9 Å². The molecule has 100 valence electrons. The second-order valence-corrected chi connectivity index (χ2v) is 6.07. The molecule has 0 aliphatic heterocycles. The molecule has 1 saturated carbocycles. The van der Waals surface area contributed by atoms with E-state index in [0.717, 1.165) is 12.8 Å². The van der Waals surface area contributed by atoms with Gasteiger partial charge in [0.15, 0.2) is 0 Å². The smallest absolute Gasteiger partial charge is 0.241 e. The van der Waals surface area contributed by atoms with Crippen molar-refractivity contribution in [2.24, 2.45) is 0 Å². The third-order valence-corrected chi connectivity index (χ3v) is 4.08. The minimum Gasteiger partial charge on any atom is -0.352 e. The second kappa shape index (κ2) is 5.38. The number of nitrogens with zero attached hydrogens (tertiary/aromatic N) is 1. The van der Waals surface area contributed by atoms with Gasteiger partial charge < -0.3 is 5.32 Å². The van der Waals surface area contributed by atoms with E-state index in [2.05, 4.69) is 10.0 Å². The number of benzene rings is 1. The first kappa shape index (κ1) is 13.5. The van der Waals surface area contributed by atoms with Crippen LogP contribution in [0.15, 0.2) is 29.2 Å². The fourth-order valence-corrected chi connectivity index (χ4v) is 2.44. The average Bonchev–Trinajstić information content (AvgIpc) is 3.20. The van der Waals surface area contributed by atoms with Crippen LogP contribution in [0.4, 0.5) is 0 Å². The van der Waals surface area contributed by atoms with Crippen LogP contribution in [0.25, 0.3) is 0 Å². The van der Waals surface area contributed by atoms with Crippen molar-refractivity contribution < 1.29 is 13.2 Å². The van der Waals surface area contributed by atoms with Gasteiger partial charge in [0.25, 0.3) is 0 Å². The van der Waals surface area contributed by atoms with Gasteiger partial charge in [-0.2, -0.15) is 5.26 Å². The van der Waals surface area contributed by atoms with Gasteiger partial charge in [-0.15, -0.1) is 0 Å². The first-order valence-corrected chi connectivity index (χ1v) is 7.29. The summed E-state index contributed by atoms with van der Waals surface area (Å²) in [5.74, 6) is -0.334. The van der Waals surface area contributed by atoms with Crippen molar-refractivity contribution in [3.8, 4) is 6.07 Å². The molecule has 1 fully saturated rings. The molecular formula is C12H13N3O3S. The zero-order valence-electron chi connectivity index (χ0n) is 10.1. The number of hydrogen-bond acceptors (Lipinski definition) is 4. The Balaban J connectivity index is 1.96. The predicted molar refractivity (Wildman–Crippen MR) is 67.5 cm³/mol. The SMILES string of the molecule is N#Cc1ccc(S(=O)(=O)NCC(=O)NC2CC2)cc1. The van der Waals surface area contributed by atoms with E-state index in [4.69, 9.17) is 5.26 Å². The maximum atomic E-state index is 11.9. The van der Waals surface area contributed by atoms with Gasteiger partial charge >= 0.3 is 0 Å². The van der Waals surface area contributed by atoms with Crippen LogP contribution in [0.3, 0.4) is 0 Å². The van der Waals surface area contributed by atoms with E-state index in [1.54, 1.807) is 0 Å². The van der Waals surface area contributed by atoms with Crippen molar-refractivity contribution in [2.75, 3.05) is 6.54 Å². The van der Waals surface area contributed by atoms with Crippen LogP contribution in [-0.2, 0) is 14.8 Å². The molecule has 0 spiro atoms. The Labute approximate surface area is 111 Å². The molecule has 0 saturated heterocycles. The zero-order valence-corrected chi connectivity index (χ0v) is 10.9. The number of rotatable bonds is 5. The molecule has 0 unspecified atom stereocenters. The third-order valence-electron chi connectivity index (χ3n) is 2.66. The van der Waals surface area contributed by atoms with Crippen molar-refractivity contribution in [2.45, 2.75) is 23.8 Å². The highest BCUT2D eigenvalue weighted by molar-refractivity contribution is 7.89. The molecule has 6 nitrogen and oxygen atoms in total. The molecule has 7 heteroatoms. The maximum absolute atomic E-state index is 11.9. The lowest BCUT2D eigenvalue weighted by molar-refractivity contribution is -0.120. The fraction of sp³-hybridized carbons (Fsp3) is 0.333. The van der Waals surface area contributed by atoms with Gasteiger partial charge in [0, 0.05) is 6.04 Å². The number of hydrogen-bond donors (Lipinski definition) is 2. The van der Waals surface area contributed by atoms with Crippen LogP contribution in [-0.4, -0.2) is 26.9 Å². The Bertz CT molecular complexity index is 613. The molecule has 1 amide bonds. The largest absolute Gasteiger partial charge is 0.352 e. The van der Waals surface area contributed by atoms with Crippen LogP contribution >= 0.6 is 0 Å². The Morgan fingerprint density at radius 1 is 1.32 bits per heavy atom. The molecule has 0 bridgehead atoms. The number of sulfonamides is 1. The summed E-state index contributed by atoms with van der Waals surface area (Å²) in [5.41, 5.74) is 0.380. The fourth-order valence-electron chi connectivity index (χ4n) is 1.46. The van der Waals surface area contributed by atoms with Crippen molar-refractivity contribution >= 4 is 15.9 Å². The summed E-state index contributed by atoms with van der Waals surface area (Å²) in [6.45, 7) is -0.279. The molecule has 1 aromatic carbocycles. The number of carbonyl (C=O) groups excluding carboxylic acids is 1. The van der Waals surface area contributed by atoms with Crippen LogP contribution in [0.2, 0.25) is 0 Å². The molecule has 19 heavy (non-hydrogen) atoms. The lowest BCUT2D eigenvalue weighted by Gasteiger charge is -2.07. The first-order chi connectivity index (χ1) is 9.01. The highest BCUT2D eigenvalue weighted by Gasteiger charge is 2.24. The molecule has 2 N–H and O–H groups in total. The number of amides is 1. The summed E-state index contributed by atoms with van der Waals surface area (Å²) >= 11 is 0. The minimum atomic E-state index is -3.72. The maximum Gasteiger partial charge on any atom is 0.241 e. The van der Waals surface area contributed by atoms with Crippen LogP contribution in [0, 0.1) is 11.3 Å². The molecule has 0 heterocycles. The van der Waals surface area contributed by atoms with Gasteiger partial charge in [-0.05, 0) is 37.1 Å². The Morgan fingerprint density at radius 3 is 2.47 bits per heavy atom. The topological polar surface area (TPSA) is 99.1 Å². The van der Waals surface area contributed by atoms with Crippen LogP contribution < -0.4 is 10.0 Å². The normalized spacial score (nSPS) is 14.7. The van der Waals surface area contributed by atoms with Gasteiger partial charge in [0.1, 0.15) is 0 Å². The van der Waals surface area contributed by atoms with E-state index in [-0.39, 0.29) is 23.4 Å². The highest BCUT2D eigenvalue weighted by Crippen LogP contribution is 2.18. The standard InChI is InChI=1S/C12H13N3O3S/c13-7-9-1-5-11(6-2-9)19(17,18)14-8-12(16)15-10-3-4-10/h1-2,5-6,10,14H,3-4,8H2,(H,15,16). The molecule has 1 aliphatic rings. The summed E-state index contributed by atoms with van der Waals surface area (Å²) in [6, 6.07) is 7.60. The quantitative estimate of drug-likeness (QED) is 0.799. The number of carbonyl (C=O) groups is 1. The average molecular weight is 279 g/mol. The van der Waals surface area contributed by atoms with E-state index >= 15 is 0 Å². The Morgan fingerprint density at radius 2 is 1.95 bits per heavy atom. The summed E-state index contributed by atoms with van der Waals surface area (Å²) in [4.78, 5) is 11.4. The van der Waals surface area contributed by atoms with Crippen molar-refractivity contribution in [1.29, 1.82) is 5.26 Å². The molecule has 2 rings (SSSR count). The summed E-state index contributed by atoms with van der Waals surface area (Å²) in [7, 11) is -3.72. The summed E-state index contributed by atoms with van der Waals surface area (Å²) in [5, 5.41) is 11.3. The van der Waals surface area contributed by atoms with Crippen LogP contribution in [0.1, 0.15) is 18.4 Å². The van der Waals surface area contributed by atoms with Crippen molar-refractivity contribution in [3.05, 3.63) is 29.8 Å². The van der Waals surface area contributed by atoms with E-state index in [1.807, 2.05) is 6.07 Å². The van der Waals surface area contributed by atoms with Gasteiger partial charge in [-0.3, -0.25) is 4.79 Å². The van der Waals surface area contributed by atoms with Gasteiger partial charge in [-0.25, -0.2) is 13.1 Å². The molecule has 0 radical (unpaired) electrons. The van der Waals surface area contributed by atoms with E-state index < -0.39 is 10.0 Å². The monoisotopic (exact) mass is 279 g/mol. The Kier molecular flexibility index (Phi) is 3.83. The summed E-state index contributed by atoms with van der Waals surface area (Å²) in [6.07, 6.45) is 1.90. The number of nitriles is 1. The van der Waals surface area contributed by atoms with Gasteiger partial charge in [0.05, 0.1) is 23.1 Å². The molecule has 1 aliphatic carbocycles. The lowest BCUT2D eigenvalue weighted by atomic mass is 10.2. The molecule has 0 atom stereocenters. The molecular weight excluding hydrogens is 266 g/mol. The second-order valence-electron chi connectivity index (χ2n) is 4.30. The zero-order chi connectivity index (χ0) is 13.9. The van der Waals surface area contributed by atoms with Crippen molar-refractivity contribution in [3.63, 3.8) is 0 Å². The van der Waals surface area contributed by atoms with E-state index in [0.29, 0.717) is 5.56 Å². The predicted octanol–water partition coefficient (Wildman–Crippen LogP) is 0.115. The van der Waals surface area contributed by atoms with E-state index in [1.165, 1.54) is 24.3 Å². The lowest BCUT2D eigenvalue weighted by Crippen LogP contribution is -2.37. The Hall–Kier alpha value is -1.91. The minimum absolute atomic E-state index is 0.0331. The van der Waals surface area contributed by atoms with Crippen molar-refractivity contribution in [1.82, 2.24) is 10.0 Å². The van der Waals surface area contributed by atoms with E-state index in [9.17, 15) is 13.2 Å².